The second kappa shape index (κ2) is 10.2. The molecule has 3 heterocycles. The minimum absolute atomic E-state index is 0.159. The van der Waals surface area contributed by atoms with Gasteiger partial charge in [-0.05, 0) is 29.8 Å². The molecule has 0 spiro atoms. The minimum Gasteiger partial charge on any atom is -0.495 e. The molecule has 174 valence electrons. The van der Waals surface area contributed by atoms with E-state index in [4.69, 9.17) is 4.74 Å². The summed E-state index contributed by atoms with van der Waals surface area (Å²) >= 11 is 1.53. The highest BCUT2D eigenvalue weighted by molar-refractivity contribution is 8.00. The lowest BCUT2D eigenvalue weighted by molar-refractivity contribution is -0.128. The summed E-state index contributed by atoms with van der Waals surface area (Å²) in [5.74, 6) is 1.42. The van der Waals surface area contributed by atoms with Gasteiger partial charge in [0.15, 0.2) is 0 Å². The van der Waals surface area contributed by atoms with Crippen molar-refractivity contribution in [2.45, 2.75) is 11.6 Å². The average molecular weight is 473 g/mol. The van der Waals surface area contributed by atoms with Crippen LogP contribution in [0.1, 0.15) is 5.56 Å². The maximum Gasteiger partial charge on any atom is 0.233 e. The lowest BCUT2D eigenvalue weighted by atomic mass is 10.2. The zero-order chi connectivity index (χ0) is 23.3. The number of benzene rings is 2. The molecule has 6 nitrogen and oxygen atoms in total. The van der Waals surface area contributed by atoms with Crippen LogP contribution in [0.4, 0.5) is 5.69 Å². The number of pyridine rings is 1. The van der Waals surface area contributed by atoms with Crippen LogP contribution in [0.5, 0.6) is 5.75 Å². The van der Waals surface area contributed by atoms with Crippen LogP contribution < -0.4 is 9.64 Å². The highest BCUT2D eigenvalue weighted by Crippen LogP contribution is 2.30. The number of carbonyl (C=O) groups is 1. The zero-order valence-corrected chi connectivity index (χ0v) is 20.1. The van der Waals surface area contributed by atoms with Gasteiger partial charge in [0.05, 0.1) is 24.1 Å². The number of hydrogen-bond acceptors (Lipinski definition) is 5. The predicted molar refractivity (Wildman–Crippen MR) is 138 cm³/mol. The van der Waals surface area contributed by atoms with E-state index in [2.05, 4.69) is 57.0 Å². The number of hydrogen-bond donors (Lipinski definition) is 0. The highest BCUT2D eigenvalue weighted by atomic mass is 32.2. The number of piperazine rings is 1. The van der Waals surface area contributed by atoms with Gasteiger partial charge in [0.1, 0.15) is 10.8 Å². The first-order chi connectivity index (χ1) is 16.7. The molecule has 1 aliphatic rings. The van der Waals surface area contributed by atoms with Crippen LogP contribution in [0.15, 0.2) is 84.1 Å². The number of nitrogens with zero attached hydrogens (tertiary/aromatic N) is 4. The molecule has 0 saturated carbocycles. The summed E-state index contributed by atoms with van der Waals surface area (Å²) in [4.78, 5) is 21.8. The molecule has 0 aliphatic carbocycles. The molecule has 1 amide bonds. The van der Waals surface area contributed by atoms with E-state index in [1.807, 2.05) is 41.4 Å². The summed E-state index contributed by atoms with van der Waals surface area (Å²) in [5.41, 5.74) is 3.48. The van der Waals surface area contributed by atoms with Gasteiger partial charge in [-0.3, -0.25) is 4.79 Å². The molecule has 1 saturated heterocycles. The summed E-state index contributed by atoms with van der Waals surface area (Å²) in [6, 6.07) is 22.6. The van der Waals surface area contributed by atoms with Crippen molar-refractivity contribution in [3.05, 3.63) is 84.7 Å². The molecule has 0 N–H and O–H groups in total. The number of amides is 1. The van der Waals surface area contributed by atoms with Crippen molar-refractivity contribution >= 4 is 34.3 Å². The average Bonchev–Trinajstić information content (AvgIpc) is 3.31. The van der Waals surface area contributed by atoms with Crippen molar-refractivity contribution in [1.82, 2.24) is 14.5 Å². The number of rotatable bonds is 7. The van der Waals surface area contributed by atoms with Gasteiger partial charge in [0.25, 0.3) is 0 Å². The SMILES string of the molecule is COc1ccccc1N1CCN(C(=O)CSc2nccc3c2ccn3Cc2ccccc2)CC1. The molecular formula is C27H28N4O2S. The van der Waals surface area contributed by atoms with Crippen molar-refractivity contribution in [2.75, 3.05) is 43.9 Å². The van der Waals surface area contributed by atoms with E-state index < -0.39 is 0 Å². The molecule has 0 radical (unpaired) electrons. The lowest BCUT2D eigenvalue weighted by Crippen LogP contribution is -2.49. The van der Waals surface area contributed by atoms with Gasteiger partial charge >= 0.3 is 0 Å². The van der Waals surface area contributed by atoms with E-state index in [1.165, 1.54) is 17.3 Å². The van der Waals surface area contributed by atoms with Crippen LogP contribution >= 0.6 is 11.8 Å². The van der Waals surface area contributed by atoms with Crippen molar-refractivity contribution in [1.29, 1.82) is 0 Å². The summed E-state index contributed by atoms with van der Waals surface area (Å²) in [6.07, 6.45) is 3.94. The van der Waals surface area contributed by atoms with E-state index in [-0.39, 0.29) is 5.91 Å². The summed E-state index contributed by atoms with van der Waals surface area (Å²) in [5, 5.41) is 2.00. The van der Waals surface area contributed by atoms with Crippen LogP contribution in [0.2, 0.25) is 0 Å². The number of aromatic nitrogens is 2. The number of para-hydroxylation sites is 2. The monoisotopic (exact) mass is 472 g/mol. The highest BCUT2D eigenvalue weighted by Gasteiger charge is 2.23. The van der Waals surface area contributed by atoms with Crippen LogP contribution in [0, 0.1) is 0 Å². The van der Waals surface area contributed by atoms with Gasteiger partial charge in [-0.25, -0.2) is 4.98 Å². The van der Waals surface area contributed by atoms with Crippen LogP contribution in [0.3, 0.4) is 0 Å². The van der Waals surface area contributed by atoms with Gasteiger partial charge in [0, 0.05) is 50.5 Å². The largest absolute Gasteiger partial charge is 0.495 e. The van der Waals surface area contributed by atoms with E-state index in [0.29, 0.717) is 18.8 Å². The topological polar surface area (TPSA) is 50.6 Å². The van der Waals surface area contributed by atoms with Gasteiger partial charge in [0.2, 0.25) is 5.91 Å². The van der Waals surface area contributed by atoms with E-state index in [0.717, 1.165) is 47.0 Å². The van der Waals surface area contributed by atoms with Gasteiger partial charge < -0.3 is 19.1 Å². The Morgan fingerprint density at radius 3 is 2.53 bits per heavy atom. The third kappa shape index (κ3) is 4.75. The second-order valence-electron chi connectivity index (χ2n) is 8.31. The maximum atomic E-state index is 12.9. The van der Waals surface area contributed by atoms with Crippen LogP contribution in [-0.4, -0.2) is 59.4 Å². The predicted octanol–water partition coefficient (Wildman–Crippen LogP) is 4.53. The van der Waals surface area contributed by atoms with E-state index in [9.17, 15) is 4.79 Å². The Labute approximate surface area is 204 Å². The molecule has 1 fully saturated rings. The zero-order valence-electron chi connectivity index (χ0n) is 19.3. The molecule has 5 rings (SSSR count). The maximum absolute atomic E-state index is 12.9. The summed E-state index contributed by atoms with van der Waals surface area (Å²) in [7, 11) is 1.69. The second-order valence-corrected chi connectivity index (χ2v) is 9.27. The Hall–Kier alpha value is -3.45. The van der Waals surface area contributed by atoms with Gasteiger partial charge in [-0.2, -0.15) is 0 Å². The Balaban J connectivity index is 1.20. The van der Waals surface area contributed by atoms with Crippen molar-refractivity contribution in [2.24, 2.45) is 0 Å². The summed E-state index contributed by atoms with van der Waals surface area (Å²) < 4.78 is 7.73. The van der Waals surface area contributed by atoms with E-state index >= 15 is 0 Å². The number of fused-ring (bicyclic) bond motifs is 1. The molecular weight excluding hydrogens is 444 g/mol. The van der Waals surface area contributed by atoms with Gasteiger partial charge in [-0.1, -0.05) is 54.2 Å². The Morgan fingerprint density at radius 2 is 1.74 bits per heavy atom. The minimum atomic E-state index is 0.159. The first-order valence-electron chi connectivity index (χ1n) is 11.5. The van der Waals surface area contributed by atoms with Crippen LogP contribution in [0.25, 0.3) is 10.9 Å². The number of methoxy groups -OCH3 is 1. The number of carbonyl (C=O) groups excluding carboxylic acids is 1. The smallest absolute Gasteiger partial charge is 0.233 e. The molecule has 0 unspecified atom stereocenters. The Kier molecular flexibility index (Phi) is 6.72. The Bertz CT molecular complexity index is 1270. The third-order valence-corrected chi connectivity index (χ3v) is 7.24. The number of anilines is 1. The number of ether oxygens (including phenoxy) is 1. The van der Waals surface area contributed by atoms with Crippen molar-refractivity contribution < 1.29 is 9.53 Å². The molecule has 1 aliphatic heterocycles. The fourth-order valence-corrected chi connectivity index (χ4v) is 5.34. The molecule has 0 bridgehead atoms. The summed E-state index contributed by atoms with van der Waals surface area (Å²) in [6.45, 7) is 3.83. The normalized spacial score (nSPS) is 13.9. The third-order valence-electron chi connectivity index (χ3n) is 6.25. The fraction of sp³-hybridized carbons (Fsp3) is 0.259. The van der Waals surface area contributed by atoms with Crippen molar-refractivity contribution in [3.8, 4) is 5.75 Å². The quantitative estimate of drug-likeness (QED) is 0.370. The fourth-order valence-electron chi connectivity index (χ4n) is 4.44. The van der Waals surface area contributed by atoms with Crippen molar-refractivity contribution in [3.63, 3.8) is 0 Å². The molecule has 0 atom stereocenters. The van der Waals surface area contributed by atoms with E-state index in [1.54, 1.807) is 7.11 Å². The van der Waals surface area contributed by atoms with Crippen LogP contribution in [-0.2, 0) is 11.3 Å². The lowest BCUT2D eigenvalue weighted by Gasteiger charge is -2.36. The molecule has 7 heteroatoms. The Morgan fingerprint density at radius 1 is 0.971 bits per heavy atom. The standard InChI is InChI=1S/C27H28N4O2S/c1-33-25-10-6-5-9-24(25)29-15-17-30(18-16-29)26(32)20-34-27-22-12-14-31(23(22)11-13-28-27)19-21-7-3-2-4-8-21/h2-14H,15-20H2,1H3. The molecule has 34 heavy (non-hydrogen) atoms. The first-order valence-corrected chi connectivity index (χ1v) is 12.5. The van der Waals surface area contributed by atoms with Gasteiger partial charge in [-0.15, -0.1) is 0 Å². The molecule has 2 aromatic heterocycles. The molecule has 4 aromatic rings. The molecule has 2 aromatic carbocycles. The first kappa shape index (κ1) is 22.3. The number of thioether (sulfide) groups is 1.